The lowest BCUT2D eigenvalue weighted by Crippen LogP contribution is -3.08. The third-order valence-electron chi connectivity index (χ3n) is 3.37. The van der Waals surface area contributed by atoms with Crippen molar-refractivity contribution < 1.29 is 9.69 Å². The van der Waals surface area contributed by atoms with E-state index < -0.39 is 0 Å². The molecule has 1 unspecified atom stereocenters. The fraction of sp³-hybridized carbons (Fsp3) is 0.235. The van der Waals surface area contributed by atoms with Crippen molar-refractivity contribution >= 4 is 34.8 Å². The number of carbonyl (C=O) groups excluding carboxylic acids is 1. The summed E-state index contributed by atoms with van der Waals surface area (Å²) in [6.45, 7) is 2.99. The largest absolute Gasteiger partial charge is 0.326 e. The van der Waals surface area contributed by atoms with Gasteiger partial charge in [0.25, 0.3) is 5.91 Å². The van der Waals surface area contributed by atoms with E-state index >= 15 is 0 Å². The molecular weight excluding hydrogens is 319 g/mol. The highest BCUT2D eigenvalue weighted by molar-refractivity contribution is 6.31. The molecule has 0 spiro atoms. The van der Waals surface area contributed by atoms with E-state index in [1.54, 1.807) is 6.07 Å². The smallest absolute Gasteiger partial charge is 0.279 e. The summed E-state index contributed by atoms with van der Waals surface area (Å²) >= 11 is 12.1. The van der Waals surface area contributed by atoms with Crippen molar-refractivity contribution in [2.75, 3.05) is 18.9 Å². The Morgan fingerprint density at radius 2 is 1.91 bits per heavy atom. The quantitative estimate of drug-likeness (QED) is 0.864. The maximum Gasteiger partial charge on any atom is 0.279 e. The van der Waals surface area contributed by atoms with Gasteiger partial charge >= 0.3 is 0 Å². The number of halogens is 2. The SMILES string of the molecule is Cc1cc(Cl)ccc1NC(=O)C[NH+](C)Cc1ccccc1Cl. The molecule has 116 valence electrons. The van der Waals surface area contributed by atoms with Crippen LogP contribution in [-0.2, 0) is 11.3 Å². The number of benzene rings is 2. The average molecular weight is 338 g/mol. The van der Waals surface area contributed by atoms with Crippen LogP contribution in [0.4, 0.5) is 5.69 Å². The lowest BCUT2D eigenvalue weighted by molar-refractivity contribution is -0.885. The zero-order chi connectivity index (χ0) is 16.1. The van der Waals surface area contributed by atoms with Gasteiger partial charge in [-0.25, -0.2) is 0 Å². The molecule has 0 radical (unpaired) electrons. The van der Waals surface area contributed by atoms with Gasteiger partial charge in [-0.05, 0) is 36.8 Å². The molecule has 2 aromatic rings. The van der Waals surface area contributed by atoms with Gasteiger partial charge in [-0.1, -0.05) is 41.4 Å². The highest BCUT2D eigenvalue weighted by Gasteiger charge is 2.13. The molecule has 0 saturated carbocycles. The average Bonchev–Trinajstić information content (AvgIpc) is 2.44. The van der Waals surface area contributed by atoms with Crippen molar-refractivity contribution in [3.8, 4) is 0 Å². The van der Waals surface area contributed by atoms with Crippen molar-refractivity contribution in [1.29, 1.82) is 0 Å². The minimum Gasteiger partial charge on any atom is -0.326 e. The summed E-state index contributed by atoms with van der Waals surface area (Å²) in [6.07, 6.45) is 0. The van der Waals surface area contributed by atoms with E-state index in [9.17, 15) is 4.79 Å². The summed E-state index contributed by atoms with van der Waals surface area (Å²) in [5, 5.41) is 4.31. The summed E-state index contributed by atoms with van der Waals surface area (Å²) in [6, 6.07) is 13.1. The Kier molecular flexibility index (Phi) is 5.83. The molecule has 2 N–H and O–H groups in total. The molecule has 0 bridgehead atoms. The van der Waals surface area contributed by atoms with Crippen LogP contribution in [0.25, 0.3) is 0 Å². The van der Waals surface area contributed by atoms with Crippen LogP contribution in [0.1, 0.15) is 11.1 Å². The Labute approximate surface area is 140 Å². The van der Waals surface area contributed by atoms with Crippen LogP contribution < -0.4 is 10.2 Å². The number of carbonyl (C=O) groups is 1. The number of amides is 1. The maximum atomic E-state index is 12.1. The van der Waals surface area contributed by atoms with Gasteiger partial charge < -0.3 is 10.2 Å². The number of quaternary nitrogens is 1. The molecule has 0 heterocycles. The number of nitrogens with one attached hydrogen (secondary N) is 2. The van der Waals surface area contributed by atoms with Gasteiger partial charge in [-0.2, -0.15) is 0 Å². The maximum absolute atomic E-state index is 12.1. The van der Waals surface area contributed by atoms with E-state index in [2.05, 4.69) is 5.32 Å². The molecule has 1 amide bonds. The molecular formula is C17H19Cl2N2O+. The Balaban J connectivity index is 1.93. The molecule has 22 heavy (non-hydrogen) atoms. The van der Waals surface area contributed by atoms with Crippen molar-refractivity contribution in [3.05, 3.63) is 63.6 Å². The van der Waals surface area contributed by atoms with Gasteiger partial charge in [0.2, 0.25) is 0 Å². The van der Waals surface area contributed by atoms with Crippen molar-refractivity contribution in [1.82, 2.24) is 0 Å². The number of likely N-dealkylation sites (N-methyl/N-ethyl adjacent to an activating group) is 1. The summed E-state index contributed by atoms with van der Waals surface area (Å²) in [5.74, 6) is -0.0324. The molecule has 0 saturated heterocycles. The van der Waals surface area contributed by atoms with Crippen LogP contribution in [0, 0.1) is 6.92 Å². The first-order valence-electron chi connectivity index (χ1n) is 7.06. The first-order valence-corrected chi connectivity index (χ1v) is 7.82. The zero-order valence-corrected chi connectivity index (χ0v) is 14.1. The number of aryl methyl sites for hydroxylation is 1. The lowest BCUT2D eigenvalue weighted by atomic mass is 10.2. The Morgan fingerprint density at radius 3 is 2.59 bits per heavy atom. The van der Waals surface area contributed by atoms with Gasteiger partial charge in [-0.3, -0.25) is 4.79 Å². The molecule has 0 aliphatic heterocycles. The molecule has 5 heteroatoms. The zero-order valence-electron chi connectivity index (χ0n) is 12.6. The third kappa shape index (κ3) is 4.73. The van der Waals surface area contributed by atoms with Crippen molar-refractivity contribution in [3.63, 3.8) is 0 Å². The highest BCUT2D eigenvalue weighted by atomic mass is 35.5. The van der Waals surface area contributed by atoms with E-state index in [1.165, 1.54) is 0 Å². The van der Waals surface area contributed by atoms with Gasteiger partial charge in [0.05, 0.1) is 7.05 Å². The second-order valence-electron chi connectivity index (χ2n) is 5.41. The molecule has 0 aliphatic carbocycles. The lowest BCUT2D eigenvalue weighted by Gasteiger charge is -2.15. The van der Waals surface area contributed by atoms with Gasteiger partial charge in [-0.15, -0.1) is 0 Å². The third-order valence-corrected chi connectivity index (χ3v) is 3.98. The molecule has 0 fully saturated rings. The van der Waals surface area contributed by atoms with Crippen molar-refractivity contribution in [2.45, 2.75) is 13.5 Å². The number of hydrogen-bond acceptors (Lipinski definition) is 1. The normalized spacial score (nSPS) is 12.0. The van der Waals surface area contributed by atoms with E-state index in [0.717, 1.165) is 26.7 Å². The molecule has 3 nitrogen and oxygen atoms in total. The summed E-state index contributed by atoms with van der Waals surface area (Å²) in [4.78, 5) is 13.2. The summed E-state index contributed by atoms with van der Waals surface area (Å²) in [5.41, 5.74) is 2.78. The van der Waals surface area contributed by atoms with Gasteiger partial charge in [0, 0.05) is 21.3 Å². The Hall–Kier alpha value is -1.55. The summed E-state index contributed by atoms with van der Waals surface area (Å²) < 4.78 is 0. The van der Waals surface area contributed by atoms with Crippen LogP contribution in [0.2, 0.25) is 10.0 Å². The fourth-order valence-corrected chi connectivity index (χ4v) is 2.69. The molecule has 0 aromatic heterocycles. The molecule has 0 aliphatic rings. The van der Waals surface area contributed by atoms with Crippen molar-refractivity contribution in [2.24, 2.45) is 0 Å². The van der Waals surface area contributed by atoms with Crippen LogP contribution in [0.5, 0.6) is 0 Å². The topological polar surface area (TPSA) is 33.5 Å². The predicted molar refractivity (Wildman–Crippen MR) is 91.7 cm³/mol. The molecule has 2 aromatic carbocycles. The first-order chi connectivity index (χ1) is 10.5. The second kappa shape index (κ2) is 7.63. The summed E-state index contributed by atoms with van der Waals surface area (Å²) in [7, 11) is 1.97. The van der Waals surface area contributed by atoms with Crippen LogP contribution in [0.3, 0.4) is 0 Å². The number of anilines is 1. The van der Waals surface area contributed by atoms with E-state index in [4.69, 9.17) is 23.2 Å². The fourth-order valence-electron chi connectivity index (χ4n) is 2.27. The van der Waals surface area contributed by atoms with Crippen LogP contribution >= 0.6 is 23.2 Å². The highest BCUT2D eigenvalue weighted by Crippen LogP contribution is 2.19. The van der Waals surface area contributed by atoms with Crippen LogP contribution in [-0.4, -0.2) is 19.5 Å². The minimum absolute atomic E-state index is 0.0324. The Morgan fingerprint density at radius 1 is 1.18 bits per heavy atom. The second-order valence-corrected chi connectivity index (χ2v) is 6.25. The van der Waals surface area contributed by atoms with Crippen LogP contribution in [0.15, 0.2) is 42.5 Å². The van der Waals surface area contributed by atoms with E-state index in [1.807, 2.05) is 50.4 Å². The number of hydrogen-bond donors (Lipinski definition) is 2. The van der Waals surface area contributed by atoms with Gasteiger partial charge in [0.15, 0.2) is 6.54 Å². The van der Waals surface area contributed by atoms with E-state index in [0.29, 0.717) is 18.1 Å². The van der Waals surface area contributed by atoms with E-state index in [-0.39, 0.29) is 5.91 Å². The standard InChI is InChI=1S/C17H18Cl2N2O/c1-12-9-14(18)7-8-16(12)20-17(22)11-21(2)10-13-5-3-4-6-15(13)19/h3-9H,10-11H2,1-2H3,(H,20,22)/p+1. The Bertz CT molecular complexity index is 673. The first kappa shape index (κ1) is 16.8. The number of rotatable bonds is 5. The molecule has 2 rings (SSSR count). The minimum atomic E-state index is -0.0324. The predicted octanol–water partition coefficient (Wildman–Crippen LogP) is 2.96. The van der Waals surface area contributed by atoms with Gasteiger partial charge in [0.1, 0.15) is 6.54 Å². The molecule has 1 atom stereocenters. The monoisotopic (exact) mass is 337 g/mol.